The van der Waals surface area contributed by atoms with Gasteiger partial charge in [-0.05, 0) is 56.8 Å². The van der Waals surface area contributed by atoms with Gasteiger partial charge in [-0.3, -0.25) is 4.79 Å². The number of halogens is 2. The molecular weight excluding hydrogens is 466 g/mol. The van der Waals surface area contributed by atoms with Crippen LogP contribution >= 0.6 is 54.5 Å². The van der Waals surface area contributed by atoms with Crippen LogP contribution in [0.5, 0.6) is 0 Å². The van der Waals surface area contributed by atoms with Crippen LogP contribution in [0.2, 0.25) is 0 Å². The van der Waals surface area contributed by atoms with Crippen LogP contribution in [0.3, 0.4) is 0 Å². The highest BCUT2D eigenvalue weighted by Crippen LogP contribution is 2.29. The van der Waals surface area contributed by atoms with Crippen molar-refractivity contribution in [2.24, 2.45) is 0 Å². The first-order valence-electron chi connectivity index (χ1n) is 6.83. The minimum absolute atomic E-state index is 0.0456. The molecule has 1 atom stereocenters. The lowest BCUT2D eigenvalue weighted by Gasteiger charge is -2.07. The Morgan fingerprint density at radius 2 is 2.17 bits per heavy atom. The molecule has 5 nitrogen and oxygen atoms in total. The summed E-state index contributed by atoms with van der Waals surface area (Å²) in [4.78, 5) is 19.1. The summed E-state index contributed by atoms with van der Waals surface area (Å²) < 4.78 is 8.18. The van der Waals surface area contributed by atoms with Gasteiger partial charge in [0.1, 0.15) is 16.6 Å². The van der Waals surface area contributed by atoms with Crippen LogP contribution in [0.25, 0.3) is 10.2 Å². The summed E-state index contributed by atoms with van der Waals surface area (Å²) in [5.41, 5.74) is 6.85. The van der Waals surface area contributed by atoms with Gasteiger partial charge in [-0.1, -0.05) is 0 Å². The molecule has 1 fully saturated rings. The molecule has 1 unspecified atom stereocenters. The number of ether oxygens (including phenoxy) is 1. The highest BCUT2D eigenvalue weighted by atomic mass is 79.9. The van der Waals surface area contributed by atoms with E-state index in [2.05, 4.69) is 41.8 Å². The van der Waals surface area contributed by atoms with E-state index in [-0.39, 0.29) is 11.7 Å². The minimum atomic E-state index is -0.0776. The molecule has 4 rings (SSSR count). The Balaban J connectivity index is 0.000000188. The van der Waals surface area contributed by atoms with Crippen molar-refractivity contribution in [3.05, 3.63) is 41.3 Å². The van der Waals surface area contributed by atoms with Crippen LogP contribution in [0.15, 0.2) is 29.9 Å². The lowest BCUT2D eigenvalue weighted by molar-refractivity contribution is 0.105. The molecule has 0 aromatic carbocycles. The highest BCUT2D eigenvalue weighted by molar-refractivity contribution is 9.11. The van der Waals surface area contributed by atoms with Crippen LogP contribution < -0.4 is 11.3 Å². The summed E-state index contributed by atoms with van der Waals surface area (Å²) in [5, 5.41) is 1.89. The molecule has 1 saturated heterocycles. The fourth-order valence-electron chi connectivity index (χ4n) is 2.20. The van der Waals surface area contributed by atoms with E-state index in [1.165, 1.54) is 11.3 Å². The second-order valence-electron chi connectivity index (χ2n) is 4.90. The van der Waals surface area contributed by atoms with E-state index in [1.807, 2.05) is 17.5 Å². The van der Waals surface area contributed by atoms with E-state index in [0.717, 1.165) is 38.2 Å². The van der Waals surface area contributed by atoms with Gasteiger partial charge in [-0.2, -0.15) is 0 Å². The average Bonchev–Trinajstić information content (AvgIpc) is 3.20. The van der Waals surface area contributed by atoms with Crippen LogP contribution in [-0.4, -0.2) is 16.6 Å². The summed E-state index contributed by atoms with van der Waals surface area (Å²) in [6.07, 6.45) is 1.91. The molecule has 9 heteroatoms. The van der Waals surface area contributed by atoms with Crippen molar-refractivity contribution in [1.82, 2.24) is 9.97 Å². The molecule has 0 radical (unpaired) electrons. The maximum Gasteiger partial charge on any atom is 0.268 e. The number of H-pyrrole nitrogens is 1. The Bertz CT molecular complexity index is 852. The Morgan fingerprint density at radius 1 is 1.35 bits per heavy atom. The molecule has 3 aromatic heterocycles. The molecule has 1 aliphatic heterocycles. The molecule has 122 valence electrons. The smallest absolute Gasteiger partial charge is 0.268 e. The molecule has 3 aromatic rings. The van der Waals surface area contributed by atoms with E-state index < -0.39 is 0 Å². The van der Waals surface area contributed by atoms with Crippen LogP contribution in [0, 0.1) is 0 Å². The summed E-state index contributed by atoms with van der Waals surface area (Å²) in [6.45, 7) is 0.750. The van der Waals surface area contributed by atoms with Gasteiger partial charge < -0.3 is 15.5 Å². The van der Waals surface area contributed by atoms with Crippen molar-refractivity contribution in [3.63, 3.8) is 0 Å². The lowest BCUT2D eigenvalue weighted by atomic mass is 10.2. The van der Waals surface area contributed by atoms with E-state index >= 15 is 0 Å². The van der Waals surface area contributed by atoms with Gasteiger partial charge in [0, 0.05) is 17.7 Å². The third-order valence-corrected chi connectivity index (χ3v) is 6.34. The average molecular weight is 479 g/mol. The zero-order chi connectivity index (χ0) is 16.4. The number of nitrogens with one attached hydrogen (secondary N) is 1. The Labute approximate surface area is 157 Å². The molecule has 0 spiro atoms. The van der Waals surface area contributed by atoms with Crippen molar-refractivity contribution in [2.45, 2.75) is 18.9 Å². The number of nitrogen functional groups attached to an aromatic ring is 1. The lowest BCUT2D eigenvalue weighted by Crippen LogP contribution is -2.13. The predicted octanol–water partition coefficient (Wildman–Crippen LogP) is 4.69. The normalized spacial score (nSPS) is 17.2. The Kier molecular flexibility index (Phi) is 5.53. The second kappa shape index (κ2) is 7.43. The van der Waals surface area contributed by atoms with Crippen molar-refractivity contribution < 1.29 is 4.74 Å². The zero-order valence-corrected chi connectivity index (χ0v) is 16.6. The third kappa shape index (κ3) is 4.21. The van der Waals surface area contributed by atoms with E-state index in [1.54, 1.807) is 11.3 Å². The molecule has 23 heavy (non-hydrogen) atoms. The topological polar surface area (TPSA) is 81.0 Å². The van der Waals surface area contributed by atoms with Crippen molar-refractivity contribution in [2.75, 3.05) is 12.3 Å². The number of hydrogen-bond donors (Lipinski definition) is 2. The Hall–Kier alpha value is -0.740. The molecule has 0 saturated carbocycles. The molecule has 3 N–H and O–H groups in total. The molecule has 1 aliphatic rings. The number of hydrogen-bond acceptors (Lipinski definition) is 6. The number of fused-ring (bicyclic) bond motifs is 1. The van der Waals surface area contributed by atoms with Crippen molar-refractivity contribution >= 4 is 70.4 Å². The maximum atomic E-state index is 11.8. The molecule has 0 aliphatic carbocycles. The van der Waals surface area contributed by atoms with Gasteiger partial charge in [0.05, 0.1) is 13.1 Å². The standard InChI is InChI=1S/C10H9BrN2O2S.C4H4BrNS/c11-7-4-5-8(16-7)10(14)13-9(12-5)6-2-1-3-15-6;5-4-1-3(6)2-7-4/h4,6H,1-3H2,(H,12,13,14);1-2H,6H2. The van der Waals surface area contributed by atoms with Crippen LogP contribution in [0.4, 0.5) is 5.69 Å². The van der Waals surface area contributed by atoms with Gasteiger partial charge in [0.2, 0.25) is 0 Å². The minimum Gasteiger partial charge on any atom is -0.398 e. The number of aromatic nitrogens is 2. The fourth-order valence-corrected chi connectivity index (χ4v) is 4.68. The van der Waals surface area contributed by atoms with Crippen molar-refractivity contribution in [1.29, 1.82) is 0 Å². The number of anilines is 1. The first kappa shape index (κ1) is 17.1. The number of thiophene rings is 2. The van der Waals surface area contributed by atoms with E-state index in [9.17, 15) is 4.79 Å². The fraction of sp³-hybridized carbons (Fsp3) is 0.286. The largest absolute Gasteiger partial charge is 0.398 e. The second-order valence-corrected chi connectivity index (χ2v) is 9.62. The quantitative estimate of drug-likeness (QED) is 0.531. The molecule has 4 heterocycles. The van der Waals surface area contributed by atoms with Crippen molar-refractivity contribution in [3.8, 4) is 0 Å². The summed E-state index contributed by atoms with van der Waals surface area (Å²) in [6, 6.07) is 3.75. The van der Waals surface area contributed by atoms with Crippen LogP contribution in [-0.2, 0) is 4.74 Å². The van der Waals surface area contributed by atoms with E-state index in [0.29, 0.717) is 10.5 Å². The number of aromatic amines is 1. The maximum absolute atomic E-state index is 11.8. The SMILES string of the molecule is Nc1csc(Br)c1.O=c1[nH]c(C2CCCO2)nc2cc(Br)sc12. The van der Waals surface area contributed by atoms with Gasteiger partial charge in [0.25, 0.3) is 5.56 Å². The first-order chi connectivity index (χ1) is 11.0. The van der Waals surface area contributed by atoms with Gasteiger partial charge in [0.15, 0.2) is 0 Å². The first-order valence-corrected chi connectivity index (χ1v) is 10.1. The highest BCUT2D eigenvalue weighted by Gasteiger charge is 2.21. The monoisotopic (exact) mass is 477 g/mol. The zero-order valence-electron chi connectivity index (χ0n) is 11.8. The van der Waals surface area contributed by atoms with E-state index in [4.69, 9.17) is 10.5 Å². The molecular formula is C14H13Br2N3O2S2. The third-order valence-electron chi connectivity index (χ3n) is 3.19. The number of nitrogens with two attached hydrogens (primary N) is 1. The number of rotatable bonds is 1. The summed E-state index contributed by atoms with van der Waals surface area (Å²) in [5.74, 6) is 0.653. The van der Waals surface area contributed by atoms with Gasteiger partial charge >= 0.3 is 0 Å². The van der Waals surface area contributed by atoms with Crippen LogP contribution in [0.1, 0.15) is 24.8 Å². The summed E-state index contributed by atoms with van der Waals surface area (Å²) >= 11 is 9.63. The van der Waals surface area contributed by atoms with Gasteiger partial charge in [-0.15, -0.1) is 22.7 Å². The number of nitrogens with zero attached hydrogens (tertiary/aromatic N) is 1. The predicted molar refractivity (Wildman–Crippen MR) is 102 cm³/mol. The molecule has 0 amide bonds. The molecule has 0 bridgehead atoms. The Morgan fingerprint density at radius 3 is 2.74 bits per heavy atom. The summed E-state index contributed by atoms with van der Waals surface area (Å²) in [7, 11) is 0. The van der Waals surface area contributed by atoms with Gasteiger partial charge in [-0.25, -0.2) is 4.98 Å².